The largest absolute Gasteiger partial charge is 0.497 e. The van der Waals surface area contributed by atoms with Gasteiger partial charge in [0, 0.05) is 10.9 Å². The van der Waals surface area contributed by atoms with Crippen molar-refractivity contribution in [2.45, 2.75) is 13.3 Å². The predicted molar refractivity (Wildman–Crippen MR) is 66.7 cm³/mol. The van der Waals surface area contributed by atoms with Crippen molar-refractivity contribution in [3.8, 4) is 11.5 Å². The lowest BCUT2D eigenvalue weighted by molar-refractivity contribution is 0.234. The zero-order chi connectivity index (χ0) is 11.8. The fourth-order valence-electron chi connectivity index (χ4n) is 2.31. The van der Waals surface area contributed by atoms with Gasteiger partial charge in [0.1, 0.15) is 11.5 Å². The van der Waals surface area contributed by atoms with Crippen LogP contribution >= 0.6 is 0 Å². The first-order chi connectivity index (χ1) is 8.28. The Hall–Kier alpha value is -1.77. The molecule has 0 saturated carbocycles. The predicted octanol–water partition coefficient (Wildman–Crippen LogP) is 2.81. The van der Waals surface area contributed by atoms with E-state index in [2.05, 4.69) is 11.9 Å². The Bertz CT molecular complexity index is 560. The number of pyridine rings is 1. The van der Waals surface area contributed by atoms with Gasteiger partial charge in [-0.25, -0.2) is 0 Å². The standard InChI is InChI=1S/C14H15NO2/c1-9-5-12-11-6-10(16-2)3-4-13(11)15-7-14(12)17-8-9/h3-4,6-7,9H,5,8H2,1-2H3/t9-/m1/s1. The number of hydrogen-bond acceptors (Lipinski definition) is 3. The molecule has 0 N–H and O–H groups in total. The molecule has 1 aliphatic rings. The quantitative estimate of drug-likeness (QED) is 0.753. The van der Waals surface area contributed by atoms with E-state index in [0.29, 0.717) is 5.92 Å². The summed E-state index contributed by atoms with van der Waals surface area (Å²) in [6.07, 6.45) is 2.87. The van der Waals surface area contributed by atoms with E-state index in [0.717, 1.165) is 35.4 Å². The summed E-state index contributed by atoms with van der Waals surface area (Å²) in [4.78, 5) is 4.41. The molecule has 0 unspecified atom stereocenters. The molecule has 3 heteroatoms. The highest BCUT2D eigenvalue weighted by Crippen LogP contribution is 2.33. The molecule has 0 aliphatic carbocycles. The van der Waals surface area contributed by atoms with Gasteiger partial charge in [0.15, 0.2) is 0 Å². The van der Waals surface area contributed by atoms with E-state index in [9.17, 15) is 0 Å². The molecule has 0 bridgehead atoms. The molecule has 2 aromatic rings. The van der Waals surface area contributed by atoms with Crippen LogP contribution in [0.5, 0.6) is 11.5 Å². The number of ether oxygens (including phenoxy) is 2. The summed E-state index contributed by atoms with van der Waals surface area (Å²) in [5.41, 5.74) is 2.26. The summed E-state index contributed by atoms with van der Waals surface area (Å²) in [6.45, 7) is 2.99. The number of hydrogen-bond donors (Lipinski definition) is 0. The van der Waals surface area contributed by atoms with E-state index in [1.165, 1.54) is 5.56 Å². The molecule has 0 radical (unpaired) electrons. The first-order valence-corrected chi connectivity index (χ1v) is 5.86. The number of nitrogens with zero attached hydrogens (tertiary/aromatic N) is 1. The summed E-state index contributed by atoms with van der Waals surface area (Å²) in [5.74, 6) is 2.34. The molecule has 2 heterocycles. The van der Waals surface area contributed by atoms with Gasteiger partial charge in [0.25, 0.3) is 0 Å². The Morgan fingerprint density at radius 2 is 2.29 bits per heavy atom. The maximum atomic E-state index is 5.71. The van der Waals surface area contributed by atoms with Gasteiger partial charge in [-0.05, 0) is 30.5 Å². The second-order valence-electron chi connectivity index (χ2n) is 4.60. The van der Waals surface area contributed by atoms with Gasteiger partial charge in [-0.3, -0.25) is 4.98 Å². The van der Waals surface area contributed by atoms with Crippen LogP contribution < -0.4 is 9.47 Å². The van der Waals surface area contributed by atoms with E-state index in [1.54, 1.807) is 7.11 Å². The smallest absolute Gasteiger partial charge is 0.141 e. The van der Waals surface area contributed by atoms with Gasteiger partial charge in [-0.2, -0.15) is 0 Å². The molecular formula is C14H15NO2. The fraction of sp³-hybridized carbons (Fsp3) is 0.357. The number of aromatic nitrogens is 1. The molecule has 88 valence electrons. The molecule has 0 spiro atoms. The second-order valence-corrected chi connectivity index (χ2v) is 4.60. The van der Waals surface area contributed by atoms with Crippen molar-refractivity contribution < 1.29 is 9.47 Å². The van der Waals surface area contributed by atoms with Crippen molar-refractivity contribution in [2.75, 3.05) is 13.7 Å². The third-order valence-electron chi connectivity index (χ3n) is 3.22. The zero-order valence-electron chi connectivity index (χ0n) is 10.1. The minimum absolute atomic E-state index is 0.555. The molecule has 0 saturated heterocycles. The van der Waals surface area contributed by atoms with E-state index in [1.807, 2.05) is 24.4 Å². The first kappa shape index (κ1) is 10.4. The molecule has 1 atom stereocenters. The van der Waals surface area contributed by atoms with Crippen LogP contribution in [0.3, 0.4) is 0 Å². The number of methoxy groups -OCH3 is 1. The third kappa shape index (κ3) is 1.71. The normalized spacial score (nSPS) is 18.6. The van der Waals surface area contributed by atoms with Crippen LogP contribution in [0, 0.1) is 5.92 Å². The van der Waals surface area contributed by atoms with Crippen molar-refractivity contribution in [3.05, 3.63) is 30.0 Å². The van der Waals surface area contributed by atoms with Crippen molar-refractivity contribution in [2.24, 2.45) is 5.92 Å². The van der Waals surface area contributed by atoms with Crippen molar-refractivity contribution in [3.63, 3.8) is 0 Å². The molecule has 1 aliphatic heterocycles. The minimum Gasteiger partial charge on any atom is -0.497 e. The average molecular weight is 229 g/mol. The monoisotopic (exact) mass is 229 g/mol. The Morgan fingerprint density at radius 1 is 1.41 bits per heavy atom. The molecule has 17 heavy (non-hydrogen) atoms. The summed E-state index contributed by atoms with van der Waals surface area (Å²) >= 11 is 0. The summed E-state index contributed by atoms with van der Waals surface area (Å²) in [6, 6.07) is 5.98. The Kier molecular flexibility index (Phi) is 2.39. The lowest BCUT2D eigenvalue weighted by atomic mass is 9.95. The molecule has 1 aromatic carbocycles. The van der Waals surface area contributed by atoms with Crippen molar-refractivity contribution in [1.29, 1.82) is 0 Å². The van der Waals surface area contributed by atoms with Crippen LogP contribution in [-0.4, -0.2) is 18.7 Å². The third-order valence-corrected chi connectivity index (χ3v) is 3.22. The van der Waals surface area contributed by atoms with Gasteiger partial charge in [-0.1, -0.05) is 6.92 Å². The van der Waals surface area contributed by atoms with E-state index in [4.69, 9.17) is 9.47 Å². The van der Waals surface area contributed by atoms with Crippen LogP contribution in [0.4, 0.5) is 0 Å². The molecule has 0 fully saturated rings. The van der Waals surface area contributed by atoms with Crippen molar-refractivity contribution in [1.82, 2.24) is 4.98 Å². The highest BCUT2D eigenvalue weighted by molar-refractivity contribution is 5.85. The number of benzene rings is 1. The molecular weight excluding hydrogens is 214 g/mol. The van der Waals surface area contributed by atoms with Crippen molar-refractivity contribution >= 4 is 10.9 Å². The van der Waals surface area contributed by atoms with E-state index in [-0.39, 0.29) is 0 Å². The maximum absolute atomic E-state index is 5.71. The highest BCUT2D eigenvalue weighted by atomic mass is 16.5. The van der Waals surface area contributed by atoms with E-state index < -0.39 is 0 Å². The minimum atomic E-state index is 0.555. The van der Waals surface area contributed by atoms with Crippen LogP contribution in [0.2, 0.25) is 0 Å². The topological polar surface area (TPSA) is 31.4 Å². The second kappa shape index (κ2) is 3.91. The van der Waals surface area contributed by atoms with Gasteiger partial charge in [0.2, 0.25) is 0 Å². The van der Waals surface area contributed by atoms with Gasteiger partial charge < -0.3 is 9.47 Å². The Balaban J connectivity index is 2.24. The average Bonchev–Trinajstić information content (AvgIpc) is 2.38. The Labute approximate surface area is 100 Å². The van der Waals surface area contributed by atoms with Gasteiger partial charge in [0.05, 0.1) is 25.4 Å². The number of rotatable bonds is 1. The summed E-state index contributed by atoms with van der Waals surface area (Å²) in [5, 5.41) is 1.15. The molecule has 1 aromatic heterocycles. The lowest BCUT2D eigenvalue weighted by Gasteiger charge is -2.23. The van der Waals surface area contributed by atoms with E-state index >= 15 is 0 Å². The van der Waals surface area contributed by atoms with Gasteiger partial charge in [-0.15, -0.1) is 0 Å². The van der Waals surface area contributed by atoms with Crippen LogP contribution in [0.15, 0.2) is 24.4 Å². The number of fused-ring (bicyclic) bond motifs is 3. The fourth-order valence-corrected chi connectivity index (χ4v) is 2.31. The summed E-state index contributed by atoms with van der Waals surface area (Å²) in [7, 11) is 1.68. The van der Waals surface area contributed by atoms with Crippen LogP contribution in [-0.2, 0) is 6.42 Å². The molecule has 0 amide bonds. The summed E-state index contributed by atoms with van der Waals surface area (Å²) < 4.78 is 11.0. The highest BCUT2D eigenvalue weighted by Gasteiger charge is 2.19. The zero-order valence-corrected chi connectivity index (χ0v) is 10.1. The van der Waals surface area contributed by atoms with Gasteiger partial charge >= 0.3 is 0 Å². The van der Waals surface area contributed by atoms with Crippen LogP contribution in [0.25, 0.3) is 10.9 Å². The first-order valence-electron chi connectivity index (χ1n) is 5.86. The molecule has 3 nitrogen and oxygen atoms in total. The lowest BCUT2D eigenvalue weighted by Crippen LogP contribution is -2.18. The molecule has 3 rings (SSSR count). The SMILES string of the molecule is COc1ccc2ncc3c(c2c1)C[C@@H](C)CO3. The maximum Gasteiger partial charge on any atom is 0.141 e. The Morgan fingerprint density at radius 3 is 3.12 bits per heavy atom. The van der Waals surface area contributed by atoms with Crippen LogP contribution in [0.1, 0.15) is 12.5 Å².